The highest BCUT2D eigenvalue weighted by atomic mass is 79.9. The molecule has 76 valence electrons. The number of rotatable bonds is 3. The van der Waals surface area contributed by atoms with E-state index in [1.54, 1.807) is 6.92 Å². The van der Waals surface area contributed by atoms with Crippen LogP contribution in [0.2, 0.25) is 0 Å². The van der Waals surface area contributed by atoms with Gasteiger partial charge in [-0.3, -0.25) is 14.2 Å². The molecule has 2 N–H and O–H groups in total. The van der Waals surface area contributed by atoms with E-state index in [4.69, 9.17) is 5.73 Å². The second-order valence-electron chi connectivity index (χ2n) is 2.83. The van der Waals surface area contributed by atoms with Crippen molar-refractivity contribution < 1.29 is 4.79 Å². The van der Waals surface area contributed by atoms with Gasteiger partial charge in [0.2, 0.25) is 5.91 Å². The van der Waals surface area contributed by atoms with Crippen molar-refractivity contribution in [3.8, 4) is 0 Å². The molecule has 0 radical (unpaired) electrons. The largest absolute Gasteiger partial charge is 0.370 e. The number of aromatic nitrogens is 2. The molecule has 0 saturated heterocycles. The number of aryl methyl sites for hydroxylation is 1. The van der Waals surface area contributed by atoms with E-state index in [1.165, 1.54) is 10.8 Å². The van der Waals surface area contributed by atoms with Gasteiger partial charge in [0.25, 0.3) is 5.56 Å². The third-order valence-corrected chi connectivity index (χ3v) is 2.33. The fraction of sp³-hybridized carbons (Fsp3) is 0.375. The van der Waals surface area contributed by atoms with Gasteiger partial charge < -0.3 is 5.73 Å². The predicted molar refractivity (Wildman–Crippen MR) is 54.7 cm³/mol. The lowest BCUT2D eigenvalue weighted by Crippen LogP contribution is -2.26. The minimum absolute atomic E-state index is 0.138. The monoisotopic (exact) mass is 259 g/mol. The molecular weight excluding hydrogens is 250 g/mol. The summed E-state index contributed by atoms with van der Waals surface area (Å²) in [5, 5.41) is 0. The molecule has 0 unspecified atom stereocenters. The van der Waals surface area contributed by atoms with Crippen molar-refractivity contribution in [2.24, 2.45) is 5.73 Å². The standard InChI is InChI=1S/C8H10BrN3O2/c1-5-11-4-6(9)8(14)12(5)3-2-7(10)13/h4H,2-3H2,1H3,(H2,10,13). The zero-order chi connectivity index (χ0) is 10.7. The van der Waals surface area contributed by atoms with Crippen LogP contribution < -0.4 is 11.3 Å². The minimum atomic E-state index is -0.434. The van der Waals surface area contributed by atoms with Crippen LogP contribution in [-0.2, 0) is 11.3 Å². The van der Waals surface area contributed by atoms with Crippen molar-refractivity contribution in [2.45, 2.75) is 19.9 Å². The summed E-state index contributed by atoms with van der Waals surface area (Å²) in [5.74, 6) is 0.135. The first-order chi connectivity index (χ1) is 6.52. The maximum absolute atomic E-state index is 11.5. The van der Waals surface area contributed by atoms with Crippen LogP contribution in [0.3, 0.4) is 0 Å². The maximum Gasteiger partial charge on any atom is 0.267 e. The lowest BCUT2D eigenvalue weighted by atomic mass is 10.4. The van der Waals surface area contributed by atoms with Gasteiger partial charge in [-0.25, -0.2) is 4.98 Å². The number of nitrogens with two attached hydrogens (primary N) is 1. The molecule has 5 nitrogen and oxygen atoms in total. The molecule has 6 heteroatoms. The van der Waals surface area contributed by atoms with Gasteiger partial charge in [0, 0.05) is 19.2 Å². The van der Waals surface area contributed by atoms with Crippen LogP contribution in [-0.4, -0.2) is 15.5 Å². The number of primary amides is 1. The second kappa shape index (κ2) is 4.36. The van der Waals surface area contributed by atoms with Gasteiger partial charge in [-0.05, 0) is 22.9 Å². The molecule has 0 spiro atoms. The lowest BCUT2D eigenvalue weighted by Gasteiger charge is -2.07. The Balaban J connectivity index is 3.01. The molecule has 1 rings (SSSR count). The molecule has 0 fully saturated rings. The van der Waals surface area contributed by atoms with Gasteiger partial charge in [-0.15, -0.1) is 0 Å². The summed E-state index contributed by atoms with van der Waals surface area (Å²) in [6, 6.07) is 0. The first-order valence-corrected chi connectivity index (χ1v) is 4.82. The molecule has 0 aromatic carbocycles. The Labute approximate surface area is 89.1 Å². The molecule has 1 heterocycles. The summed E-state index contributed by atoms with van der Waals surface area (Å²) in [7, 11) is 0. The molecule has 0 aliphatic heterocycles. The smallest absolute Gasteiger partial charge is 0.267 e. The van der Waals surface area contributed by atoms with Crippen molar-refractivity contribution >= 4 is 21.8 Å². The average molecular weight is 260 g/mol. The number of hydrogen-bond acceptors (Lipinski definition) is 3. The molecule has 0 saturated carbocycles. The van der Waals surface area contributed by atoms with Crippen molar-refractivity contribution in [2.75, 3.05) is 0 Å². The Bertz CT molecular complexity index is 414. The fourth-order valence-electron chi connectivity index (χ4n) is 1.04. The Hall–Kier alpha value is -1.17. The van der Waals surface area contributed by atoms with E-state index in [0.29, 0.717) is 10.3 Å². The summed E-state index contributed by atoms with van der Waals surface area (Å²) in [6.45, 7) is 1.97. The van der Waals surface area contributed by atoms with Crippen LogP contribution in [0.1, 0.15) is 12.2 Å². The fourth-order valence-corrected chi connectivity index (χ4v) is 1.35. The molecule has 0 bridgehead atoms. The van der Waals surface area contributed by atoms with Crippen LogP contribution in [0.15, 0.2) is 15.5 Å². The van der Waals surface area contributed by atoms with Crippen LogP contribution >= 0.6 is 15.9 Å². The Morgan fingerprint density at radius 1 is 1.71 bits per heavy atom. The Kier molecular flexibility index (Phi) is 3.40. The molecule has 1 amide bonds. The van der Waals surface area contributed by atoms with Gasteiger partial charge in [0.1, 0.15) is 10.3 Å². The van der Waals surface area contributed by atoms with E-state index < -0.39 is 5.91 Å². The van der Waals surface area contributed by atoms with Crippen molar-refractivity contribution in [1.29, 1.82) is 0 Å². The quantitative estimate of drug-likeness (QED) is 0.842. The highest BCUT2D eigenvalue weighted by Crippen LogP contribution is 2.01. The van der Waals surface area contributed by atoms with E-state index in [9.17, 15) is 9.59 Å². The topological polar surface area (TPSA) is 78.0 Å². The summed E-state index contributed by atoms with van der Waals surface area (Å²) < 4.78 is 1.79. The van der Waals surface area contributed by atoms with Crippen LogP contribution in [0.4, 0.5) is 0 Å². The first-order valence-electron chi connectivity index (χ1n) is 4.02. The van der Waals surface area contributed by atoms with Gasteiger partial charge >= 0.3 is 0 Å². The Morgan fingerprint density at radius 2 is 2.36 bits per heavy atom. The second-order valence-corrected chi connectivity index (χ2v) is 3.68. The molecule has 0 aliphatic carbocycles. The highest BCUT2D eigenvalue weighted by Gasteiger charge is 2.05. The van der Waals surface area contributed by atoms with Crippen molar-refractivity contribution in [1.82, 2.24) is 9.55 Å². The van der Waals surface area contributed by atoms with E-state index in [0.717, 1.165) is 0 Å². The number of amides is 1. The number of hydrogen-bond donors (Lipinski definition) is 1. The summed E-state index contributed by atoms with van der Waals surface area (Å²) in [4.78, 5) is 26.1. The van der Waals surface area contributed by atoms with Gasteiger partial charge in [-0.1, -0.05) is 0 Å². The third kappa shape index (κ3) is 2.41. The number of carbonyl (C=O) groups is 1. The summed E-state index contributed by atoms with van der Waals surface area (Å²) in [5.41, 5.74) is 4.80. The van der Waals surface area contributed by atoms with Crippen molar-refractivity contribution in [3.05, 3.63) is 26.8 Å². The highest BCUT2D eigenvalue weighted by molar-refractivity contribution is 9.10. The van der Waals surface area contributed by atoms with E-state index >= 15 is 0 Å². The molecule has 0 aliphatic rings. The molecule has 1 aromatic rings. The summed E-state index contributed by atoms with van der Waals surface area (Å²) in [6.07, 6.45) is 1.58. The predicted octanol–water partition coefficient (Wildman–Crippen LogP) is 0.190. The molecule has 1 aromatic heterocycles. The van der Waals surface area contributed by atoms with E-state index in [1.807, 2.05) is 0 Å². The van der Waals surface area contributed by atoms with Crippen LogP contribution in [0.25, 0.3) is 0 Å². The number of nitrogens with zero attached hydrogens (tertiary/aromatic N) is 2. The third-order valence-electron chi connectivity index (χ3n) is 1.79. The first kappa shape index (κ1) is 10.9. The van der Waals surface area contributed by atoms with Crippen molar-refractivity contribution in [3.63, 3.8) is 0 Å². The lowest BCUT2D eigenvalue weighted by molar-refractivity contribution is -0.118. The van der Waals surface area contributed by atoms with Gasteiger partial charge in [-0.2, -0.15) is 0 Å². The zero-order valence-corrected chi connectivity index (χ0v) is 9.24. The number of carbonyl (C=O) groups excluding carboxylic acids is 1. The van der Waals surface area contributed by atoms with Crippen LogP contribution in [0, 0.1) is 6.92 Å². The SMILES string of the molecule is Cc1ncc(Br)c(=O)n1CCC(N)=O. The number of halogens is 1. The van der Waals surface area contributed by atoms with Gasteiger partial charge in [0.05, 0.1) is 0 Å². The molecular formula is C8H10BrN3O2. The molecule has 14 heavy (non-hydrogen) atoms. The maximum atomic E-state index is 11.5. The van der Waals surface area contributed by atoms with Gasteiger partial charge in [0.15, 0.2) is 0 Å². The van der Waals surface area contributed by atoms with Crippen LogP contribution in [0.5, 0.6) is 0 Å². The Morgan fingerprint density at radius 3 is 2.93 bits per heavy atom. The van der Waals surface area contributed by atoms with E-state index in [2.05, 4.69) is 20.9 Å². The van der Waals surface area contributed by atoms with E-state index in [-0.39, 0.29) is 18.5 Å². The molecule has 0 atom stereocenters. The average Bonchev–Trinajstić information content (AvgIpc) is 2.11. The normalized spacial score (nSPS) is 10.1. The zero-order valence-electron chi connectivity index (χ0n) is 7.66. The minimum Gasteiger partial charge on any atom is -0.370 e. The summed E-state index contributed by atoms with van der Waals surface area (Å²) >= 11 is 3.08.